The third-order valence-electron chi connectivity index (χ3n) is 4.30. The molecule has 0 aromatic heterocycles. The van der Waals surface area contributed by atoms with E-state index < -0.39 is 0 Å². The number of ether oxygens (including phenoxy) is 2. The zero-order chi connectivity index (χ0) is 17.0. The molecule has 0 saturated heterocycles. The number of benzene rings is 1. The van der Waals surface area contributed by atoms with Gasteiger partial charge in [-0.05, 0) is 44.6 Å². The van der Waals surface area contributed by atoms with Crippen LogP contribution in [0.3, 0.4) is 0 Å². The first-order valence-electron chi connectivity index (χ1n) is 7.89. The van der Waals surface area contributed by atoms with Crippen LogP contribution in [0.2, 0.25) is 0 Å². The Morgan fingerprint density at radius 2 is 1.83 bits per heavy atom. The van der Waals surface area contributed by atoms with Gasteiger partial charge in [0.05, 0.1) is 26.8 Å². The molecule has 0 heterocycles. The van der Waals surface area contributed by atoms with Crippen LogP contribution in [0.15, 0.2) is 23.2 Å². The Kier molecular flexibility index (Phi) is 8.08. The molecule has 24 heavy (non-hydrogen) atoms. The van der Waals surface area contributed by atoms with Crippen LogP contribution in [0.1, 0.15) is 24.4 Å². The molecule has 2 rings (SSSR count). The van der Waals surface area contributed by atoms with Gasteiger partial charge in [0.15, 0.2) is 17.5 Å². The van der Waals surface area contributed by atoms with Gasteiger partial charge in [0.1, 0.15) is 0 Å². The fourth-order valence-corrected chi connectivity index (χ4v) is 2.57. The maximum Gasteiger partial charge on any atom is 0.191 e. The molecule has 0 radical (unpaired) electrons. The number of methoxy groups -OCH3 is 2. The third-order valence-corrected chi connectivity index (χ3v) is 4.30. The fourth-order valence-electron chi connectivity index (χ4n) is 2.57. The molecule has 0 spiro atoms. The van der Waals surface area contributed by atoms with Crippen LogP contribution in [0, 0.1) is 0 Å². The molecule has 0 bridgehead atoms. The Morgan fingerprint density at radius 1 is 1.21 bits per heavy atom. The first-order chi connectivity index (χ1) is 11.0. The van der Waals surface area contributed by atoms with E-state index >= 15 is 0 Å². The monoisotopic (exact) mass is 448 g/mol. The molecule has 1 unspecified atom stereocenters. The van der Waals surface area contributed by atoms with Crippen LogP contribution in [0.4, 0.5) is 0 Å². The summed E-state index contributed by atoms with van der Waals surface area (Å²) in [6.45, 7) is 0.603. The first kappa shape index (κ1) is 20.8. The van der Waals surface area contributed by atoms with Gasteiger partial charge in [0.2, 0.25) is 0 Å². The van der Waals surface area contributed by atoms with E-state index in [1.807, 2.05) is 39.3 Å². The summed E-state index contributed by atoms with van der Waals surface area (Å²) in [5.74, 6) is 2.06. The van der Waals surface area contributed by atoms with E-state index in [2.05, 4.69) is 14.8 Å². The van der Waals surface area contributed by atoms with E-state index in [0.29, 0.717) is 18.5 Å². The van der Waals surface area contributed by atoms with Crippen molar-refractivity contribution in [2.24, 2.45) is 10.7 Å². The van der Waals surface area contributed by atoms with E-state index in [4.69, 9.17) is 15.2 Å². The number of guanidine groups is 1. The highest BCUT2D eigenvalue weighted by atomic mass is 127. The number of nitrogens with two attached hydrogens (primary N) is 1. The number of hydrogen-bond donors (Lipinski definition) is 1. The lowest BCUT2D eigenvalue weighted by molar-refractivity contribution is 0.302. The predicted octanol–water partition coefficient (Wildman–Crippen LogP) is 2.33. The molecule has 6 nitrogen and oxygen atoms in total. The molecule has 1 aromatic carbocycles. The van der Waals surface area contributed by atoms with Crippen LogP contribution in [-0.2, 0) is 0 Å². The molecule has 7 heteroatoms. The van der Waals surface area contributed by atoms with Gasteiger partial charge in [0, 0.05) is 13.1 Å². The van der Waals surface area contributed by atoms with Crippen LogP contribution in [0.25, 0.3) is 0 Å². The molecule has 1 saturated carbocycles. The Bertz CT molecular complexity index is 562. The summed E-state index contributed by atoms with van der Waals surface area (Å²) in [7, 11) is 9.37. The molecule has 1 aliphatic rings. The van der Waals surface area contributed by atoms with E-state index in [1.54, 1.807) is 14.2 Å². The highest BCUT2D eigenvalue weighted by Gasteiger charge is 2.27. The average Bonchev–Trinajstić information content (AvgIpc) is 3.38. The normalized spacial score (nSPS) is 15.7. The smallest absolute Gasteiger partial charge is 0.191 e. The minimum absolute atomic E-state index is 0. The van der Waals surface area contributed by atoms with Gasteiger partial charge in [-0.1, -0.05) is 6.07 Å². The van der Waals surface area contributed by atoms with Crippen molar-refractivity contribution in [1.82, 2.24) is 9.80 Å². The lowest BCUT2D eigenvalue weighted by Gasteiger charge is -2.25. The molecule has 0 aliphatic heterocycles. The van der Waals surface area contributed by atoms with Crippen molar-refractivity contribution in [3.63, 3.8) is 0 Å². The fraction of sp³-hybridized carbons (Fsp3) is 0.588. The lowest BCUT2D eigenvalue weighted by Crippen LogP contribution is -2.36. The second kappa shape index (κ2) is 9.31. The highest BCUT2D eigenvalue weighted by molar-refractivity contribution is 14.0. The number of rotatable bonds is 7. The maximum atomic E-state index is 6.10. The van der Waals surface area contributed by atoms with Crippen molar-refractivity contribution >= 4 is 29.9 Å². The second-order valence-corrected chi connectivity index (χ2v) is 6.13. The summed E-state index contributed by atoms with van der Waals surface area (Å²) < 4.78 is 10.7. The van der Waals surface area contributed by atoms with Gasteiger partial charge in [-0.15, -0.1) is 24.0 Å². The molecular formula is C17H29IN4O2. The summed E-state index contributed by atoms with van der Waals surface area (Å²) in [5, 5.41) is 0. The summed E-state index contributed by atoms with van der Waals surface area (Å²) in [5.41, 5.74) is 7.22. The number of hydrogen-bond acceptors (Lipinski definition) is 4. The quantitative estimate of drug-likeness (QED) is 0.394. The van der Waals surface area contributed by atoms with Crippen LogP contribution in [-0.4, -0.2) is 63.7 Å². The summed E-state index contributed by atoms with van der Waals surface area (Å²) in [4.78, 5) is 8.79. The van der Waals surface area contributed by atoms with E-state index in [0.717, 1.165) is 17.1 Å². The van der Waals surface area contributed by atoms with Gasteiger partial charge in [-0.3, -0.25) is 4.99 Å². The largest absolute Gasteiger partial charge is 0.493 e. The Hall–Kier alpha value is -1.22. The third kappa shape index (κ3) is 5.14. The van der Waals surface area contributed by atoms with Crippen LogP contribution in [0.5, 0.6) is 11.5 Å². The van der Waals surface area contributed by atoms with Crippen molar-refractivity contribution in [2.75, 3.05) is 41.9 Å². The molecule has 0 amide bonds. The molecular weight excluding hydrogens is 419 g/mol. The zero-order valence-electron chi connectivity index (χ0n) is 15.2. The molecule has 2 N–H and O–H groups in total. The minimum atomic E-state index is 0. The summed E-state index contributed by atoms with van der Waals surface area (Å²) >= 11 is 0. The van der Waals surface area contributed by atoms with E-state index in [1.165, 1.54) is 12.8 Å². The number of aliphatic imine (C=N–C) groups is 1. The Morgan fingerprint density at radius 3 is 2.33 bits per heavy atom. The second-order valence-electron chi connectivity index (χ2n) is 6.13. The van der Waals surface area contributed by atoms with Crippen molar-refractivity contribution < 1.29 is 9.47 Å². The van der Waals surface area contributed by atoms with Crippen molar-refractivity contribution in [1.29, 1.82) is 0 Å². The Balaban J connectivity index is 0.00000288. The first-order valence-corrected chi connectivity index (χ1v) is 7.89. The van der Waals surface area contributed by atoms with Gasteiger partial charge in [0.25, 0.3) is 0 Å². The molecule has 136 valence electrons. The maximum absolute atomic E-state index is 6.10. The minimum Gasteiger partial charge on any atom is -0.493 e. The highest BCUT2D eigenvalue weighted by Crippen LogP contribution is 2.31. The van der Waals surface area contributed by atoms with E-state index in [9.17, 15) is 0 Å². The zero-order valence-corrected chi connectivity index (χ0v) is 17.5. The predicted molar refractivity (Wildman–Crippen MR) is 109 cm³/mol. The topological polar surface area (TPSA) is 63.3 Å². The Labute approximate surface area is 162 Å². The number of halogens is 1. The number of likely N-dealkylation sites (N-methyl/N-ethyl adjacent to an activating group) is 1. The molecule has 1 aromatic rings. The van der Waals surface area contributed by atoms with Crippen molar-refractivity contribution in [3.8, 4) is 11.5 Å². The lowest BCUT2D eigenvalue weighted by atomic mass is 10.1. The summed E-state index contributed by atoms with van der Waals surface area (Å²) in [6, 6.07) is 6.66. The van der Waals surface area contributed by atoms with E-state index in [-0.39, 0.29) is 30.0 Å². The standard InChI is InChI=1S/C17H28N4O2.HI/c1-20(2)14(11-19-17(18)21(3)13-7-8-13)12-6-9-15(22-4)16(10-12)23-5;/h6,9-10,13-14H,7-8,11H2,1-5H3,(H2,18,19);1H. The van der Waals surface area contributed by atoms with Crippen LogP contribution < -0.4 is 15.2 Å². The average molecular weight is 448 g/mol. The van der Waals surface area contributed by atoms with Crippen molar-refractivity contribution in [3.05, 3.63) is 23.8 Å². The number of nitrogens with zero attached hydrogens (tertiary/aromatic N) is 3. The molecule has 1 fully saturated rings. The van der Waals surface area contributed by atoms with Gasteiger partial charge >= 0.3 is 0 Å². The van der Waals surface area contributed by atoms with Crippen LogP contribution >= 0.6 is 24.0 Å². The van der Waals surface area contributed by atoms with Gasteiger partial charge in [-0.2, -0.15) is 0 Å². The van der Waals surface area contributed by atoms with Crippen molar-refractivity contribution in [2.45, 2.75) is 24.9 Å². The SMILES string of the molecule is COc1ccc(C(CN=C(N)N(C)C2CC2)N(C)C)cc1OC.I. The summed E-state index contributed by atoms with van der Waals surface area (Å²) in [6.07, 6.45) is 2.42. The molecule has 1 atom stereocenters. The van der Waals surface area contributed by atoms with Gasteiger partial charge < -0.3 is 25.0 Å². The van der Waals surface area contributed by atoms with Gasteiger partial charge in [-0.25, -0.2) is 0 Å². The molecule has 1 aliphatic carbocycles.